The molecule has 2 rings (SSSR count). The number of rotatable bonds is 4. The molecule has 1 unspecified atom stereocenters. The van der Waals surface area contributed by atoms with Crippen LogP contribution in [0.25, 0.3) is 0 Å². The van der Waals surface area contributed by atoms with E-state index < -0.39 is 5.97 Å². The Morgan fingerprint density at radius 3 is 2.44 bits per heavy atom. The number of aliphatic carboxylic acids is 1. The van der Waals surface area contributed by atoms with E-state index >= 15 is 0 Å². The minimum Gasteiger partial charge on any atom is -0.481 e. The molecule has 1 atom stereocenters. The average molecular weight is 283 g/mol. The zero-order valence-corrected chi connectivity index (χ0v) is 10.8. The quantitative estimate of drug-likeness (QED) is 0.916. The highest BCUT2D eigenvalue weighted by atomic mass is 79.9. The predicted molar refractivity (Wildman–Crippen MR) is 66.5 cm³/mol. The summed E-state index contributed by atoms with van der Waals surface area (Å²) in [5, 5.41) is 8.96. The Kier molecular flexibility index (Phi) is 3.06. The highest BCUT2D eigenvalue weighted by Gasteiger charge is 2.45. The molecule has 2 nitrogen and oxygen atoms in total. The largest absolute Gasteiger partial charge is 0.481 e. The third-order valence-electron chi connectivity index (χ3n) is 3.43. The van der Waals surface area contributed by atoms with Gasteiger partial charge < -0.3 is 5.11 Å². The predicted octanol–water partition coefficient (Wildman–Crippen LogP) is 3.59. The van der Waals surface area contributed by atoms with Gasteiger partial charge in [0.05, 0.1) is 5.92 Å². The second kappa shape index (κ2) is 4.21. The molecule has 0 aromatic heterocycles. The average Bonchev–Trinajstić information content (AvgIpc) is 2.99. The van der Waals surface area contributed by atoms with E-state index in [0.29, 0.717) is 0 Å². The van der Waals surface area contributed by atoms with Crippen molar-refractivity contribution in [2.45, 2.75) is 31.6 Å². The molecule has 0 radical (unpaired) electrons. The first-order chi connectivity index (χ1) is 7.53. The molecule has 1 aliphatic carbocycles. The summed E-state index contributed by atoms with van der Waals surface area (Å²) in [7, 11) is 0. The number of carbonyl (C=O) groups is 1. The van der Waals surface area contributed by atoms with Crippen LogP contribution in [0.2, 0.25) is 0 Å². The lowest BCUT2D eigenvalue weighted by molar-refractivity contribution is -0.141. The first kappa shape index (κ1) is 11.6. The van der Waals surface area contributed by atoms with Crippen molar-refractivity contribution in [2.24, 2.45) is 5.92 Å². The van der Waals surface area contributed by atoms with Crippen LogP contribution < -0.4 is 0 Å². The highest BCUT2D eigenvalue weighted by Crippen LogP contribution is 2.52. The number of carboxylic acid groups (broad SMARTS) is 1. The molecule has 0 bridgehead atoms. The van der Waals surface area contributed by atoms with Gasteiger partial charge in [-0.2, -0.15) is 0 Å². The molecule has 0 amide bonds. The maximum atomic E-state index is 10.9. The number of halogens is 1. The van der Waals surface area contributed by atoms with Gasteiger partial charge in [0.2, 0.25) is 0 Å². The van der Waals surface area contributed by atoms with E-state index in [2.05, 4.69) is 28.1 Å². The van der Waals surface area contributed by atoms with Crippen LogP contribution in [0.5, 0.6) is 0 Å². The van der Waals surface area contributed by atoms with E-state index in [1.54, 1.807) is 6.92 Å². The molecule has 3 heteroatoms. The van der Waals surface area contributed by atoms with E-state index in [-0.39, 0.29) is 11.3 Å². The SMILES string of the molecule is CC(CC1(c2ccc(Br)cc2)CC1)C(=O)O. The molecule has 0 spiro atoms. The van der Waals surface area contributed by atoms with Crippen molar-refractivity contribution >= 4 is 21.9 Å². The van der Waals surface area contributed by atoms with Crippen molar-refractivity contribution in [2.75, 3.05) is 0 Å². The molecular formula is C13H15BrO2. The van der Waals surface area contributed by atoms with Gasteiger partial charge in [-0.25, -0.2) is 0 Å². The molecule has 1 saturated carbocycles. The van der Waals surface area contributed by atoms with Crippen LogP contribution in [0.1, 0.15) is 31.7 Å². The smallest absolute Gasteiger partial charge is 0.306 e. The Morgan fingerprint density at radius 1 is 1.44 bits per heavy atom. The molecule has 16 heavy (non-hydrogen) atoms. The Labute approximate surface area is 104 Å². The molecule has 0 aliphatic heterocycles. The minimum absolute atomic E-state index is 0.137. The minimum atomic E-state index is -0.691. The van der Waals surface area contributed by atoms with E-state index in [4.69, 9.17) is 5.11 Å². The lowest BCUT2D eigenvalue weighted by Gasteiger charge is -2.18. The van der Waals surface area contributed by atoms with Crippen LogP contribution in [0, 0.1) is 5.92 Å². The lowest BCUT2D eigenvalue weighted by atomic mass is 9.87. The highest BCUT2D eigenvalue weighted by molar-refractivity contribution is 9.10. The fourth-order valence-corrected chi connectivity index (χ4v) is 2.50. The van der Waals surface area contributed by atoms with Gasteiger partial charge in [0.15, 0.2) is 0 Å². The van der Waals surface area contributed by atoms with Gasteiger partial charge in [-0.3, -0.25) is 4.79 Å². The molecule has 1 N–H and O–H groups in total. The summed E-state index contributed by atoms with van der Waals surface area (Å²) in [6.45, 7) is 1.79. The van der Waals surface area contributed by atoms with Crippen LogP contribution in [0.3, 0.4) is 0 Å². The molecular weight excluding hydrogens is 268 g/mol. The van der Waals surface area contributed by atoms with Crippen molar-refractivity contribution < 1.29 is 9.90 Å². The van der Waals surface area contributed by atoms with Crippen molar-refractivity contribution in [1.82, 2.24) is 0 Å². The topological polar surface area (TPSA) is 37.3 Å². The number of benzene rings is 1. The van der Waals surface area contributed by atoms with Gasteiger partial charge in [-0.1, -0.05) is 35.0 Å². The summed E-state index contributed by atoms with van der Waals surface area (Å²) in [5.41, 5.74) is 1.42. The van der Waals surface area contributed by atoms with Gasteiger partial charge >= 0.3 is 5.97 Å². The summed E-state index contributed by atoms with van der Waals surface area (Å²) >= 11 is 3.41. The fraction of sp³-hybridized carbons (Fsp3) is 0.462. The Morgan fingerprint density at radius 2 is 2.00 bits per heavy atom. The van der Waals surface area contributed by atoms with E-state index in [1.165, 1.54) is 5.56 Å². The van der Waals surface area contributed by atoms with Crippen molar-refractivity contribution in [3.63, 3.8) is 0 Å². The van der Waals surface area contributed by atoms with Crippen LogP contribution in [0.4, 0.5) is 0 Å². The van der Waals surface area contributed by atoms with Gasteiger partial charge in [0.1, 0.15) is 0 Å². The van der Waals surface area contributed by atoms with Crippen molar-refractivity contribution in [1.29, 1.82) is 0 Å². The maximum Gasteiger partial charge on any atom is 0.306 e. The lowest BCUT2D eigenvalue weighted by Crippen LogP contribution is -2.18. The Hall–Kier alpha value is -0.830. The normalized spacial score (nSPS) is 19.1. The van der Waals surface area contributed by atoms with Crippen LogP contribution >= 0.6 is 15.9 Å². The van der Waals surface area contributed by atoms with Gasteiger partial charge in [-0.05, 0) is 42.4 Å². The summed E-state index contributed by atoms with van der Waals surface area (Å²) in [6, 6.07) is 8.26. The summed E-state index contributed by atoms with van der Waals surface area (Å²) in [5.74, 6) is -0.950. The first-order valence-corrected chi connectivity index (χ1v) is 6.32. The summed E-state index contributed by atoms with van der Waals surface area (Å²) < 4.78 is 1.07. The Balaban J connectivity index is 2.14. The van der Waals surface area contributed by atoms with E-state index in [9.17, 15) is 4.79 Å². The van der Waals surface area contributed by atoms with Crippen molar-refractivity contribution in [3.05, 3.63) is 34.3 Å². The monoisotopic (exact) mass is 282 g/mol. The zero-order valence-electron chi connectivity index (χ0n) is 9.24. The third kappa shape index (κ3) is 2.29. The number of carboxylic acids is 1. The van der Waals surface area contributed by atoms with Gasteiger partial charge in [-0.15, -0.1) is 0 Å². The van der Waals surface area contributed by atoms with Gasteiger partial charge in [0.25, 0.3) is 0 Å². The molecule has 0 saturated heterocycles. The summed E-state index contributed by atoms with van der Waals surface area (Å²) in [6.07, 6.45) is 2.99. The molecule has 1 aromatic carbocycles. The third-order valence-corrected chi connectivity index (χ3v) is 3.96. The van der Waals surface area contributed by atoms with E-state index in [1.807, 2.05) is 12.1 Å². The molecule has 1 aliphatic rings. The fourth-order valence-electron chi connectivity index (χ4n) is 2.24. The molecule has 1 fully saturated rings. The maximum absolute atomic E-state index is 10.9. The molecule has 1 aromatic rings. The number of hydrogen-bond donors (Lipinski definition) is 1. The second-order valence-electron chi connectivity index (χ2n) is 4.73. The zero-order chi connectivity index (χ0) is 11.8. The second-order valence-corrected chi connectivity index (χ2v) is 5.65. The molecule has 0 heterocycles. The van der Waals surface area contributed by atoms with Crippen LogP contribution in [0.15, 0.2) is 28.7 Å². The number of hydrogen-bond acceptors (Lipinski definition) is 1. The standard InChI is InChI=1S/C13H15BrO2/c1-9(12(15)16)8-13(6-7-13)10-2-4-11(14)5-3-10/h2-5,9H,6-8H2,1H3,(H,15,16). The van der Waals surface area contributed by atoms with Crippen LogP contribution in [-0.4, -0.2) is 11.1 Å². The van der Waals surface area contributed by atoms with Gasteiger partial charge in [0, 0.05) is 4.47 Å². The van der Waals surface area contributed by atoms with E-state index in [0.717, 1.165) is 23.7 Å². The molecule has 86 valence electrons. The first-order valence-electron chi connectivity index (χ1n) is 5.52. The Bertz CT molecular complexity index is 393. The van der Waals surface area contributed by atoms with Crippen molar-refractivity contribution in [3.8, 4) is 0 Å². The summed E-state index contributed by atoms with van der Waals surface area (Å²) in [4.78, 5) is 10.9. The van der Waals surface area contributed by atoms with Crippen LogP contribution in [-0.2, 0) is 10.2 Å².